The zero-order valence-corrected chi connectivity index (χ0v) is 17.1. The van der Waals surface area contributed by atoms with Gasteiger partial charge in [0, 0.05) is 0 Å². The fraction of sp³-hybridized carbons (Fsp3) is 0.400. The molecule has 1 fully saturated rings. The first-order valence-corrected chi connectivity index (χ1v) is 12.1. The van der Waals surface area contributed by atoms with Crippen molar-refractivity contribution in [2.24, 2.45) is 0 Å². The second-order valence-electron chi connectivity index (χ2n) is 7.08. The zero-order chi connectivity index (χ0) is 19.7. The summed E-state index contributed by atoms with van der Waals surface area (Å²) in [6.07, 6.45) is -4.31. The van der Waals surface area contributed by atoms with Gasteiger partial charge in [0.2, 0.25) is 0 Å². The maximum absolute atomic E-state index is 12.9. The van der Waals surface area contributed by atoms with Gasteiger partial charge in [-0.25, -0.2) is 0 Å². The molecule has 1 saturated heterocycles. The van der Waals surface area contributed by atoms with Crippen LogP contribution in [0.3, 0.4) is 0 Å². The van der Waals surface area contributed by atoms with Crippen molar-refractivity contribution < 1.29 is 17.0 Å². The summed E-state index contributed by atoms with van der Waals surface area (Å²) in [5.41, 5.74) is 1.74. The van der Waals surface area contributed by atoms with Crippen molar-refractivity contribution in [3.63, 3.8) is 0 Å². The summed E-state index contributed by atoms with van der Waals surface area (Å²) < 4.78 is 52.1. The van der Waals surface area contributed by atoms with Gasteiger partial charge >= 0.3 is 153 Å². The molecule has 2 aromatic carbocycles. The number of nitrogens with zero attached hydrogens (tertiary/aromatic N) is 3. The molecule has 4 rings (SSSR count). The molecular weight excluding hydrogens is 434 g/mol. The average Bonchev–Trinajstić information content (AvgIpc) is 3.02. The van der Waals surface area contributed by atoms with Gasteiger partial charge in [-0.2, -0.15) is 13.2 Å². The van der Waals surface area contributed by atoms with Crippen LogP contribution >= 0.6 is 0 Å². The maximum atomic E-state index is 12.9. The van der Waals surface area contributed by atoms with Gasteiger partial charge in [-0.15, -0.1) is 0 Å². The van der Waals surface area contributed by atoms with Crippen LogP contribution in [0.15, 0.2) is 48.5 Å². The topological polar surface area (TPSA) is 26.8 Å². The van der Waals surface area contributed by atoms with Crippen LogP contribution in [0.2, 0.25) is 0 Å². The van der Waals surface area contributed by atoms with Crippen molar-refractivity contribution in [2.45, 2.75) is 6.18 Å². The van der Waals surface area contributed by atoms with Gasteiger partial charge in [-0.05, 0) is 0 Å². The van der Waals surface area contributed by atoms with Crippen LogP contribution in [0, 0.1) is 0 Å². The number of benzene rings is 2. The van der Waals surface area contributed by atoms with Crippen LogP contribution in [0.4, 0.5) is 24.5 Å². The molecule has 8 heteroatoms. The fourth-order valence-corrected chi connectivity index (χ4v) is 6.58. The van der Waals surface area contributed by atoms with Crippen LogP contribution < -0.4 is 14.3 Å². The third kappa shape index (κ3) is 4.09. The number of hydrogen-bond donors (Lipinski definition) is 0. The van der Waals surface area contributed by atoms with E-state index < -0.39 is 25.6 Å². The molecule has 2 aliphatic heterocycles. The Balaban J connectivity index is 1.31. The molecule has 1 unspecified atom stereocenters. The third-order valence-electron chi connectivity index (χ3n) is 5.32. The predicted molar refractivity (Wildman–Crippen MR) is 105 cm³/mol. The van der Waals surface area contributed by atoms with E-state index in [9.17, 15) is 17.0 Å². The van der Waals surface area contributed by atoms with Crippen molar-refractivity contribution in [1.82, 2.24) is 4.90 Å². The number of alkyl halides is 3. The Morgan fingerprint density at radius 3 is 2.43 bits per heavy atom. The molecule has 0 aliphatic carbocycles. The molecule has 0 aromatic heterocycles. The number of fused-ring (bicyclic) bond motifs is 1. The Morgan fingerprint density at radius 2 is 1.68 bits per heavy atom. The molecule has 0 spiro atoms. The van der Waals surface area contributed by atoms with E-state index in [1.165, 1.54) is 12.1 Å². The number of halogens is 3. The molecule has 0 N–H and O–H groups in total. The second-order valence-corrected chi connectivity index (χ2v) is 10.00. The van der Waals surface area contributed by atoms with E-state index >= 15 is 0 Å². The molecule has 28 heavy (non-hydrogen) atoms. The number of piperazine rings is 1. The van der Waals surface area contributed by atoms with E-state index in [0.717, 1.165) is 42.4 Å². The molecule has 0 radical (unpaired) electrons. The van der Waals surface area contributed by atoms with Crippen LogP contribution in [-0.2, 0) is 10.0 Å². The van der Waals surface area contributed by atoms with E-state index in [4.69, 9.17) is 0 Å². The second kappa shape index (κ2) is 7.85. The summed E-state index contributed by atoms with van der Waals surface area (Å²) in [4.78, 5) is 6.54. The van der Waals surface area contributed by atoms with Gasteiger partial charge in [0.1, 0.15) is 0 Å². The van der Waals surface area contributed by atoms with Gasteiger partial charge in [0.15, 0.2) is 0 Å². The van der Waals surface area contributed by atoms with Gasteiger partial charge in [-0.1, -0.05) is 0 Å². The summed E-state index contributed by atoms with van der Waals surface area (Å²) in [6, 6.07) is 13.5. The number of rotatable bonds is 4. The Bertz CT molecular complexity index is 866. The first-order valence-electron chi connectivity index (χ1n) is 9.29. The van der Waals surface area contributed by atoms with Gasteiger partial charge in [0.05, 0.1) is 0 Å². The summed E-state index contributed by atoms with van der Waals surface area (Å²) >= 11 is -1.95. The molecule has 4 nitrogen and oxygen atoms in total. The molecule has 2 aliphatic rings. The number of anilines is 2. The van der Waals surface area contributed by atoms with Gasteiger partial charge in [0.25, 0.3) is 0 Å². The van der Waals surface area contributed by atoms with Crippen molar-refractivity contribution in [3.8, 4) is 0 Å². The van der Waals surface area contributed by atoms with E-state index in [2.05, 4.69) is 9.80 Å². The Kier molecular flexibility index (Phi) is 5.45. The van der Waals surface area contributed by atoms with Crippen molar-refractivity contribution in [1.29, 1.82) is 0 Å². The van der Waals surface area contributed by atoms with E-state index in [1.54, 1.807) is 6.07 Å². The van der Waals surface area contributed by atoms with E-state index in [1.807, 2.05) is 29.2 Å². The van der Waals surface area contributed by atoms with Gasteiger partial charge in [-0.3, -0.25) is 0 Å². The van der Waals surface area contributed by atoms with Gasteiger partial charge < -0.3 is 0 Å². The molecule has 2 aromatic rings. The third-order valence-corrected chi connectivity index (χ3v) is 8.22. The van der Waals surface area contributed by atoms with Crippen molar-refractivity contribution in [3.05, 3.63) is 54.1 Å². The number of hydrogen-bond acceptors (Lipinski definition) is 4. The molecule has 2 heterocycles. The standard InChI is InChI=1S/C20H22F3N3OSe/c21-20(22,23)16-4-3-5-17(14-16)25-11-8-24(9-12-25)10-13-26-15-28(27)19-7-2-1-6-18(19)26/h1-7,14H,8-13,15H2. The van der Waals surface area contributed by atoms with E-state index in [0.29, 0.717) is 24.2 Å². The van der Waals surface area contributed by atoms with Crippen LogP contribution in [-0.4, -0.2) is 63.4 Å². The van der Waals surface area contributed by atoms with Crippen molar-refractivity contribution >= 4 is 29.7 Å². The fourth-order valence-electron chi connectivity index (χ4n) is 3.75. The summed E-state index contributed by atoms with van der Waals surface area (Å²) in [6.45, 7) is 4.71. The van der Waals surface area contributed by atoms with Crippen LogP contribution in [0.1, 0.15) is 5.56 Å². The van der Waals surface area contributed by atoms with Crippen molar-refractivity contribution in [2.75, 3.05) is 54.5 Å². The summed E-state index contributed by atoms with van der Waals surface area (Å²) in [5.74, 6) is 0. The average molecular weight is 456 g/mol. The molecule has 0 bridgehead atoms. The molecule has 0 saturated carbocycles. The van der Waals surface area contributed by atoms with Crippen LogP contribution in [0.5, 0.6) is 0 Å². The predicted octanol–water partition coefficient (Wildman–Crippen LogP) is 2.52. The monoisotopic (exact) mass is 457 g/mol. The summed E-state index contributed by atoms with van der Waals surface area (Å²) in [5, 5.41) is 0. The number of para-hydroxylation sites is 1. The minimum atomic E-state index is -4.31. The summed E-state index contributed by atoms with van der Waals surface area (Å²) in [7, 11) is 0. The first kappa shape index (κ1) is 19.4. The molecule has 1 atom stereocenters. The molecular formula is C20H22F3N3OSe. The Hall–Kier alpha value is -1.89. The quantitative estimate of drug-likeness (QED) is 0.661. The minimum absolute atomic E-state index is 0.601. The normalized spacial score (nSPS) is 20.5. The molecule has 0 amide bonds. The van der Waals surface area contributed by atoms with E-state index in [-0.39, 0.29) is 0 Å². The Labute approximate surface area is 166 Å². The zero-order valence-electron chi connectivity index (χ0n) is 15.4. The first-order chi connectivity index (χ1) is 13.4. The molecule has 150 valence electrons. The SMILES string of the molecule is O=[Se]1CN(CCN2CCN(c3cccc(C(F)(F)F)c3)CC2)c2ccccc21. The van der Waals surface area contributed by atoms with Crippen LogP contribution in [0.25, 0.3) is 0 Å². The Morgan fingerprint density at radius 1 is 0.929 bits per heavy atom.